The molecule has 2 aromatic rings. The van der Waals surface area contributed by atoms with E-state index in [4.69, 9.17) is 20.3 Å². The molecule has 5 atom stereocenters. The van der Waals surface area contributed by atoms with Crippen LogP contribution >= 0.6 is 23.5 Å². The van der Waals surface area contributed by atoms with Crippen molar-refractivity contribution in [1.29, 1.82) is 5.26 Å². The molecule has 3 rings (SSSR count). The van der Waals surface area contributed by atoms with E-state index in [0.717, 1.165) is 0 Å². The molecule has 5 unspecified atom stereocenters. The second-order valence-electron chi connectivity index (χ2n) is 6.77. The predicted octanol–water partition coefficient (Wildman–Crippen LogP) is 0.799. The van der Waals surface area contributed by atoms with Gasteiger partial charge in [0.05, 0.1) is 18.4 Å². The number of phosphoric ester groups is 1. The van der Waals surface area contributed by atoms with E-state index >= 15 is 0 Å². The minimum Gasteiger partial charge on any atom is -0.382 e. The van der Waals surface area contributed by atoms with E-state index in [1.54, 1.807) is 19.1 Å². The molecule has 1 aliphatic heterocycles. The summed E-state index contributed by atoms with van der Waals surface area (Å²) in [6.07, 6.45) is 0.416. The number of ether oxygens (including phenoxy) is 1. The Balaban J connectivity index is 1.75. The molecule has 0 bridgehead atoms. The lowest BCUT2D eigenvalue weighted by Crippen LogP contribution is -2.32. The van der Waals surface area contributed by atoms with E-state index in [0.29, 0.717) is 11.2 Å². The monoisotopic (exact) mass is 513 g/mol. The Bertz CT molecular complexity index is 1210. The first-order chi connectivity index (χ1) is 14.7. The van der Waals surface area contributed by atoms with E-state index in [1.165, 1.54) is 10.8 Å². The molecule has 0 radical (unpaired) electrons. The zero-order valence-corrected chi connectivity index (χ0v) is 18.8. The standard InChI is InChI=1S/C13H18N5O11P3/c1-8-4-9(5-26-31(22,23)29-32(24,25)28-30(19,20)21)27-13(8,6-14)11-3-2-10-12(15)16-7-17-18(10)11/h2-3,7-9H,4-5H2,1H3,(H,22,23)(H,24,25)(H2,15,16,17)(H2,19,20,21). The van der Waals surface area contributed by atoms with Gasteiger partial charge in [-0.3, -0.25) is 4.52 Å². The molecule has 176 valence electrons. The minimum atomic E-state index is -5.64. The fourth-order valence-corrected chi connectivity index (χ4v) is 6.36. The summed E-state index contributed by atoms with van der Waals surface area (Å²) in [5.74, 6) is -0.287. The quantitative estimate of drug-likeness (QED) is 0.306. The summed E-state index contributed by atoms with van der Waals surface area (Å²) in [6, 6.07) is 5.25. The lowest BCUT2D eigenvalue weighted by Gasteiger charge is -2.25. The molecule has 1 aliphatic rings. The van der Waals surface area contributed by atoms with Crippen LogP contribution in [0.15, 0.2) is 18.5 Å². The van der Waals surface area contributed by atoms with Crippen LogP contribution in [-0.4, -0.2) is 46.9 Å². The Labute approximate surface area is 180 Å². The zero-order valence-electron chi connectivity index (χ0n) is 16.2. The van der Waals surface area contributed by atoms with Crippen molar-refractivity contribution in [3.8, 4) is 6.07 Å². The molecule has 1 saturated heterocycles. The van der Waals surface area contributed by atoms with Gasteiger partial charge in [0, 0.05) is 5.92 Å². The topological polar surface area (TPSA) is 249 Å². The van der Waals surface area contributed by atoms with Gasteiger partial charge in [-0.25, -0.2) is 23.2 Å². The Hall–Kier alpha value is -1.72. The lowest BCUT2D eigenvalue weighted by molar-refractivity contribution is -0.0418. The van der Waals surface area contributed by atoms with Crippen LogP contribution in [-0.2, 0) is 37.2 Å². The first-order valence-electron chi connectivity index (χ1n) is 8.64. The molecule has 16 nitrogen and oxygen atoms in total. The molecule has 19 heteroatoms. The van der Waals surface area contributed by atoms with Gasteiger partial charge in [-0.05, 0) is 18.6 Å². The molecule has 0 saturated carbocycles. The van der Waals surface area contributed by atoms with Crippen molar-refractivity contribution in [2.75, 3.05) is 12.3 Å². The Morgan fingerprint density at radius 1 is 1.28 bits per heavy atom. The highest BCUT2D eigenvalue weighted by Gasteiger charge is 2.51. The maximum Gasteiger partial charge on any atom is 0.490 e. The number of rotatable bonds is 8. The molecule has 0 aliphatic carbocycles. The average Bonchev–Trinajstić information content (AvgIpc) is 3.19. The number of nitrogen functional groups attached to an aromatic ring is 1. The van der Waals surface area contributed by atoms with Crippen molar-refractivity contribution < 1.29 is 51.2 Å². The first-order valence-corrected chi connectivity index (χ1v) is 13.2. The molecule has 6 N–H and O–H groups in total. The van der Waals surface area contributed by atoms with E-state index in [2.05, 4.69) is 29.3 Å². The van der Waals surface area contributed by atoms with Crippen LogP contribution < -0.4 is 5.73 Å². The van der Waals surface area contributed by atoms with Crippen LogP contribution in [0, 0.1) is 17.2 Å². The van der Waals surface area contributed by atoms with E-state index < -0.39 is 47.7 Å². The number of anilines is 1. The summed E-state index contributed by atoms with van der Waals surface area (Å²) in [6.45, 7) is 1.02. The van der Waals surface area contributed by atoms with Crippen molar-refractivity contribution in [3.63, 3.8) is 0 Å². The van der Waals surface area contributed by atoms with Crippen LogP contribution in [0.5, 0.6) is 0 Å². The highest BCUT2D eigenvalue weighted by Crippen LogP contribution is 2.66. The third-order valence-corrected chi connectivity index (χ3v) is 8.33. The number of nitrogens with two attached hydrogens (primary N) is 1. The molecule has 0 amide bonds. The van der Waals surface area contributed by atoms with Crippen LogP contribution in [0.1, 0.15) is 19.0 Å². The van der Waals surface area contributed by atoms with Crippen LogP contribution in [0.4, 0.5) is 5.82 Å². The van der Waals surface area contributed by atoms with E-state index in [1.807, 2.05) is 0 Å². The Morgan fingerprint density at radius 2 is 1.97 bits per heavy atom. The summed E-state index contributed by atoms with van der Waals surface area (Å²) < 4.78 is 53.1. The molecular formula is C13H18N5O11P3. The van der Waals surface area contributed by atoms with E-state index in [9.17, 15) is 28.7 Å². The van der Waals surface area contributed by atoms with Crippen molar-refractivity contribution in [1.82, 2.24) is 14.6 Å². The van der Waals surface area contributed by atoms with Gasteiger partial charge in [0.2, 0.25) is 0 Å². The maximum absolute atomic E-state index is 11.9. The minimum absolute atomic E-state index is 0.164. The largest absolute Gasteiger partial charge is 0.490 e. The summed E-state index contributed by atoms with van der Waals surface area (Å²) in [5, 5.41) is 14.0. The predicted molar refractivity (Wildman–Crippen MR) is 103 cm³/mol. The van der Waals surface area contributed by atoms with Gasteiger partial charge < -0.3 is 30.0 Å². The Morgan fingerprint density at radius 3 is 2.59 bits per heavy atom. The van der Waals surface area contributed by atoms with Gasteiger partial charge in [-0.15, -0.1) is 0 Å². The van der Waals surface area contributed by atoms with Crippen molar-refractivity contribution in [2.24, 2.45) is 5.92 Å². The second-order valence-corrected chi connectivity index (χ2v) is 11.2. The summed E-state index contributed by atoms with van der Waals surface area (Å²) >= 11 is 0. The zero-order chi connectivity index (χ0) is 23.9. The van der Waals surface area contributed by atoms with Crippen LogP contribution in [0.3, 0.4) is 0 Å². The maximum atomic E-state index is 11.9. The lowest BCUT2D eigenvalue weighted by atomic mass is 9.87. The molecule has 0 aromatic carbocycles. The number of nitriles is 1. The van der Waals surface area contributed by atoms with Crippen molar-refractivity contribution in [3.05, 3.63) is 24.2 Å². The fraction of sp³-hybridized carbons (Fsp3) is 0.462. The normalized spacial score (nSPS) is 27.6. The van der Waals surface area contributed by atoms with Crippen molar-refractivity contribution in [2.45, 2.75) is 25.0 Å². The number of aromatic nitrogens is 3. The van der Waals surface area contributed by atoms with Gasteiger partial charge in [-0.1, -0.05) is 6.92 Å². The third-order valence-electron chi connectivity index (χ3n) is 4.53. The number of hydrogen-bond donors (Lipinski definition) is 5. The third kappa shape index (κ3) is 5.26. The number of hydrogen-bond acceptors (Lipinski definition) is 11. The summed E-state index contributed by atoms with van der Waals surface area (Å²) in [7, 11) is -16.5. The smallest absolute Gasteiger partial charge is 0.382 e. The number of fused-ring (bicyclic) bond motifs is 1. The molecule has 1 fully saturated rings. The number of nitrogens with zero attached hydrogens (tertiary/aromatic N) is 4. The highest BCUT2D eigenvalue weighted by molar-refractivity contribution is 7.66. The van der Waals surface area contributed by atoms with Crippen LogP contribution in [0.25, 0.3) is 5.52 Å². The van der Waals surface area contributed by atoms with Gasteiger partial charge in [0.15, 0.2) is 11.4 Å². The highest BCUT2D eigenvalue weighted by atomic mass is 31.3. The molecule has 32 heavy (non-hydrogen) atoms. The SMILES string of the molecule is CC1CC(COP(=O)(O)OP(=O)(O)OP(=O)(O)O)OC1(C#N)c1ccc2c(N)ncnn12. The fourth-order valence-electron chi connectivity index (χ4n) is 3.31. The average molecular weight is 513 g/mol. The van der Waals surface area contributed by atoms with E-state index in [-0.39, 0.29) is 12.2 Å². The first kappa shape index (κ1) is 24.9. The summed E-state index contributed by atoms with van der Waals surface area (Å²) in [5.41, 5.74) is 5.03. The number of phosphoric acid groups is 3. The molecule has 2 aromatic heterocycles. The van der Waals surface area contributed by atoms with Gasteiger partial charge >= 0.3 is 23.5 Å². The summed E-state index contributed by atoms with van der Waals surface area (Å²) in [4.78, 5) is 39.8. The molecule has 3 heterocycles. The van der Waals surface area contributed by atoms with Gasteiger partial charge in [0.1, 0.15) is 17.9 Å². The van der Waals surface area contributed by atoms with Gasteiger partial charge in [0.25, 0.3) is 0 Å². The van der Waals surface area contributed by atoms with Crippen LogP contribution in [0.2, 0.25) is 0 Å². The Kier molecular flexibility index (Phi) is 6.67. The van der Waals surface area contributed by atoms with Crippen molar-refractivity contribution >= 4 is 34.8 Å². The second kappa shape index (κ2) is 8.57. The van der Waals surface area contributed by atoms with Gasteiger partial charge in [-0.2, -0.15) is 19.0 Å². The molecular weight excluding hydrogens is 495 g/mol. The molecule has 0 spiro atoms.